The van der Waals surface area contributed by atoms with Crippen LogP contribution in [0, 0.1) is 11.6 Å². The van der Waals surface area contributed by atoms with E-state index in [1.165, 1.54) is 24.9 Å². The number of unbranched alkanes of at least 4 members (excludes halogenated alkanes) is 2. The van der Waals surface area contributed by atoms with Crippen LogP contribution in [-0.2, 0) is 59.0 Å². The van der Waals surface area contributed by atoms with E-state index in [4.69, 9.17) is 14.2 Å². The average molecular weight is 904 g/mol. The Labute approximate surface area is 370 Å². The Hall–Kier alpha value is -6.15. The van der Waals surface area contributed by atoms with Gasteiger partial charge in [-0.2, -0.15) is 0 Å². The van der Waals surface area contributed by atoms with Crippen LogP contribution in [0.1, 0.15) is 85.1 Å². The van der Waals surface area contributed by atoms with Crippen LogP contribution in [-0.4, -0.2) is 150 Å². The number of esters is 2. The van der Waals surface area contributed by atoms with Crippen molar-refractivity contribution in [1.29, 1.82) is 0 Å². The van der Waals surface area contributed by atoms with Gasteiger partial charge in [0.05, 0.1) is 0 Å². The normalized spacial score (nSPS) is 22.9. The van der Waals surface area contributed by atoms with Crippen molar-refractivity contribution in [3.8, 4) is 0 Å². The summed E-state index contributed by atoms with van der Waals surface area (Å²) in [5.41, 5.74) is -0.860. The molecule has 3 aliphatic rings. The molecule has 0 spiro atoms. The van der Waals surface area contributed by atoms with Crippen LogP contribution in [0.2, 0.25) is 0 Å². The van der Waals surface area contributed by atoms with Gasteiger partial charge >= 0.3 is 18.0 Å². The van der Waals surface area contributed by atoms with Gasteiger partial charge in [-0.25, -0.2) is 18.4 Å². The summed E-state index contributed by atoms with van der Waals surface area (Å²) in [5.74, 6) is -8.73. The number of rotatable bonds is 13. The zero-order chi connectivity index (χ0) is 47.3. The number of carbonyl (C=O) groups is 9. The molecule has 0 radical (unpaired) electrons. The van der Waals surface area contributed by atoms with Crippen molar-refractivity contribution in [2.75, 3.05) is 39.9 Å². The average Bonchev–Trinajstić information content (AvgIpc) is 3.92. The highest BCUT2D eigenvalue weighted by Crippen LogP contribution is 2.24. The molecule has 1 unspecified atom stereocenters. The summed E-state index contributed by atoms with van der Waals surface area (Å²) in [7, 11) is 1.24. The predicted octanol–water partition coefficient (Wildman–Crippen LogP) is 1.16. The Morgan fingerprint density at radius 1 is 0.953 bits per heavy atom. The first kappa shape index (κ1) is 50.5. The Bertz CT molecular complexity index is 1940. The molecule has 21 heteroatoms. The first-order chi connectivity index (χ1) is 30.2. The van der Waals surface area contributed by atoms with Crippen LogP contribution in [0.25, 0.3) is 0 Å². The summed E-state index contributed by atoms with van der Waals surface area (Å²) >= 11 is 0. The van der Waals surface area contributed by atoms with E-state index in [9.17, 15) is 51.9 Å². The van der Waals surface area contributed by atoms with Crippen LogP contribution < -0.4 is 21.3 Å². The molecular weight excluding hydrogens is 845 g/mol. The summed E-state index contributed by atoms with van der Waals surface area (Å²) in [6.07, 6.45) is 4.61. The number of ether oxygens (including phenoxy) is 3. The molecule has 3 fully saturated rings. The van der Waals surface area contributed by atoms with E-state index < -0.39 is 133 Å². The topological polar surface area (TPSA) is 239 Å². The third-order valence-corrected chi connectivity index (χ3v) is 10.6. The summed E-state index contributed by atoms with van der Waals surface area (Å²) in [4.78, 5) is 125. The van der Waals surface area contributed by atoms with Crippen LogP contribution in [0.15, 0.2) is 30.4 Å². The number of allylic oxidation sites excluding steroid dienone is 1. The van der Waals surface area contributed by atoms with E-state index in [0.29, 0.717) is 18.9 Å². The molecule has 3 heterocycles. The third-order valence-electron chi connectivity index (χ3n) is 10.6. The van der Waals surface area contributed by atoms with Crippen molar-refractivity contribution in [3.05, 3.63) is 47.5 Å². The molecule has 352 valence electrons. The van der Waals surface area contributed by atoms with Crippen molar-refractivity contribution in [1.82, 2.24) is 36.0 Å². The lowest BCUT2D eigenvalue weighted by molar-refractivity contribution is -0.158. The molecule has 3 saturated heterocycles. The standard InChI is InChI=1S/C43H59F2N7O12/c1-7-8-9-10-15-34(53)48-29(20-26-18-27(44)21-28(45)19-26)36(55)49-30-23-63-41(60)32-14-12-17-52(32)38(57)25(2)47-37(56)33(24-62-35(54)22-46-42(61)64-43(3,4)5)50(6)40(59)31-13-11-16-51(31)39(30)58/h10,15,18-19,21,25,29-33H,7-9,11-14,16-17,20,22-24H2,1-6H3,(H,46,61)(H,47,56)(H,48,53)(H,49,55)/b15-10+/t25-,29?,30-,31-,32-,33-/m0/s1. The number of cyclic esters (lactones) is 1. The van der Waals surface area contributed by atoms with Crippen molar-refractivity contribution in [2.45, 2.75) is 128 Å². The molecule has 0 saturated carbocycles. The van der Waals surface area contributed by atoms with Gasteiger partial charge in [-0.15, -0.1) is 0 Å². The van der Waals surface area contributed by atoms with Crippen molar-refractivity contribution in [2.24, 2.45) is 0 Å². The van der Waals surface area contributed by atoms with Gasteiger partial charge in [0.1, 0.15) is 73.2 Å². The molecule has 0 aromatic heterocycles. The van der Waals surface area contributed by atoms with Crippen LogP contribution in [0.5, 0.6) is 0 Å². The van der Waals surface area contributed by atoms with Gasteiger partial charge in [0.15, 0.2) is 0 Å². The summed E-state index contributed by atoms with van der Waals surface area (Å²) in [6.45, 7) is 6.13. The number of alkyl carbamates (subject to hydrolysis) is 1. The highest BCUT2D eigenvalue weighted by atomic mass is 19.1. The minimum atomic E-state index is -1.69. The molecule has 4 N–H and O–H groups in total. The number of hydrogen-bond donors (Lipinski definition) is 4. The maximum absolute atomic E-state index is 14.5. The van der Waals surface area contributed by atoms with Crippen LogP contribution in [0.4, 0.5) is 13.6 Å². The van der Waals surface area contributed by atoms with E-state index >= 15 is 0 Å². The highest BCUT2D eigenvalue weighted by Gasteiger charge is 2.44. The van der Waals surface area contributed by atoms with Crippen LogP contribution >= 0.6 is 0 Å². The number of nitrogens with zero attached hydrogens (tertiary/aromatic N) is 3. The van der Waals surface area contributed by atoms with E-state index in [0.717, 1.165) is 34.8 Å². The van der Waals surface area contributed by atoms with Gasteiger partial charge in [0.25, 0.3) is 0 Å². The van der Waals surface area contributed by atoms with E-state index in [-0.39, 0.29) is 37.9 Å². The highest BCUT2D eigenvalue weighted by molar-refractivity contribution is 5.98. The first-order valence-electron chi connectivity index (χ1n) is 21.4. The lowest BCUT2D eigenvalue weighted by Crippen LogP contribution is -2.61. The van der Waals surface area contributed by atoms with Gasteiger partial charge in [-0.1, -0.05) is 25.8 Å². The molecule has 64 heavy (non-hydrogen) atoms. The molecule has 19 nitrogen and oxygen atoms in total. The molecule has 7 amide bonds. The number of amides is 7. The third kappa shape index (κ3) is 14.4. The molecule has 3 aliphatic heterocycles. The SMILES string of the molecule is CCCC/C=C/C(=O)NC(Cc1cc(F)cc(F)c1)C(=O)N[C@H]1COC(=O)[C@@H]2CCCN2C(=O)[C@H](C)NC(=O)[C@H](COC(=O)CNC(=O)OC(C)(C)C)N(C)C(=O)[C@@H]2CCCN2C1=O. The minimum Gasteiger partial charge on any atom is -0.462 e. The van der Waals surface area contributed by atoms with Crippen molar-refractivity contribution < 1.29 is 66.1 Å². The zero-order valence-corrected chi connectivity index (χ0v) is 37.0. The quantitative estimate of drug-likeness (QED) is 0.0945. The molecule has 0 aliphatic carbocycles. The maximum atomic E-state index is 14.5. The second-order valence-electron chi connectivity index (χ2n) is 16.9. The van der Waals surface area contributed by atoms with Gasteiger partial charge in [0, 0.05) is 32.6 Å². The Balaban J connectivity index is 1.66. The Morgan fingerprint density at radius 3 is 2.23 bits per heavy atom. The second kappa shape index (κ2) is 23.0. The lowest BCUT2D eigenvalue weighted by atomic mass is 10.0. The largest absolute Gasteiger partial charge is 0.462 e. The molecule has 1 aromatic carbocycles. The number of nitrogens with one attached hydrogen (secondary N) is 4. The van der Waals surface area contributed by atoms with Gasteiger partial charge in [-0.05, 0) is 83.6 Å². The monoisotopic (exact) mass is 903 g/mol. The number of halogens is 2. The molecular formula is C43H59F2N7O12. The number of likely N-dealkylation sites (N-methyl/N-ethyl adjacent to an activating group) is 1. The maximum Gasteiger partial charge on any atom is 0.408 e. The summed E-state index contributed by atoms with van der Waals surface area (Å²) in [6, 6.07) is -5.81. The fraction of sp³-hybridized carbons (Fsp3) is 0.605. The smallest absolute Gasteiger partial charge is 0.408 e. The summed E-state index contributed by atoms with van der Waals surface area (Å²) in [5, 5.41) is 9.82. The molecule has 6 atom stereocenters. The fourth-order valence-electron chi connectivity index (χ4n) is 7.43. The Kier molecular flexibility index (Phi) is 18.1. The van der Waals surface area contributed by atoms with E-state index in [2.05, 4.69) is 21.3 Å². The number of benzene rings is 1. The predicted molar refractivity (Wildman–Crippen MR) is 222 cm³/mol. The summed E-state index contributed by atoms with van der Waals surface area (Å²) < 4.78 is 44.5. The molecule has 1 aromatic rings. The Morgan fingerprint density at radius 2 is 1.59 bits per heavy atom. The van der Waals surface area contributed by atoms with Crippen molar-refractivity contribution in [3.63, 3.8) is 0 Å². The minimum absolute atomic E-state index is 0.000641. The lowest BCUT2D eigenvalue weighted by Gasteiger charge is -2.35. The number of carbonyl (C=O) groups excluding carboxylic acids is 9. The fourth-order valence-corrected chi connectivity index (χ4v) is 7.43. The van der Waals surface area contributed by atoms with Gasteiger partial charge < -0.3 is 50.2 Å². The molecule has 4 rings (SSSR count). The zero-order valence-electron chi connectivity index (χ0n) is 37.0. The van der Waals surface area contributed by atoms with Gasteiger partial charge in [-0.3, -0.25) is 33.6 Å². The van der Waals surface area contributed by atoms with E-state index in [1.54, 1.807) is 26.8 Å². The number of hydrogen-bond acceptors (Lipinski definition) is 12. The van der Waals surface area contributed by atoms with Crippen LogP contribution in [0.3, 0.4) is 0 Å². The number of fused-ring (bicyclic) bond motifs is 2. The van der Waals surface area contributed by atoms with Gasteiger partial charge in [0.2, 0.25) is 35.4 Å². The van der Waals surface area contributed by atoms with E-state index in [1.807, 2.05) is 6.92 Å². The van der Waals surface area contributed by atoms with Crippen molar-refractivity contribution >= 4 is 53.5 Å². The second-order valence-corrected chi connectivity index (χ2v) is 16.9. The molecule has 0 bridgehead atoms. The first-order valence-corrected chi connectivity index (χ1v) is 21.4.